The number of hydrogen-bond acceptors (Lipinski definition) is 4. The summed E-state index contributed by atoms with van der Waals surface area (Å²) in [5.74, 6) is 0.413. The van der Waals surface area contributed by atoms with Crippen LogP contribution in [0.15, 0.2) is 48.8 Å². The van der Waals surface area contributed by atoms with E-state index in [2.05, 4.69) is 31.9 Å². The van der Waals surface area contributed by atoms with E-state index in [0.717, 1.165) is 10.0 Å². The Morgan fingerprint density at radius 1 is 1.29 bits per heavy atom. The van der Waals surface area contributed by atoms with Crippen LogP contribution in [0, 0.1) is 0 Å². The Bertz CT molecular complexity index is 744. The van der Waals surface area contributed by atoms with E-state index in [1.165, 1.54) is 17.4 Å². The number of rotatable bonds is 5. The number of nitrogens with two attached hydrogens (primary N) is 1. The molecule has 0 spiro atoms. The first kappa shape index (κ1) is 16.7. The van der Waals surface area contributed by atoms with Crippen LogP contribution in [0.3, 0.4) is 0 Å². The van der Waals surface area contributed by atoms with Crippen molar-refractivity contribution in [3.05, 3.63) is 50.8 Å². The third-order valence-corrected chi connectivity index (χ3v) is 6.04. The second kappa shape index (κ2) is 6.62. The predicted molar refractivity (Wildman–Crippen MR) is 87.1 cm³/mol. The summed E-state index contributed by atoms with van der Waals surface area (Å²) in [5.41, 5.74) is 6.35. The fraction of sp³-hybridized carbons (Fsp3) is 0.231. The van der Waals surface area contributed by atoms with E-state index >= 15 is 0 Å². The van der Waals surface area contributed by atoms with Crippen LogP contribution in [0.4, 0.5) is 0 Å². The van der Waals surface area contributed by atoms with E-state index in [-0.39, 0.29) is 22.7 Å². The minimum atomic E-state index is -3.65. The molecule has 1 aromatic carbocycles. The molecule has 2 rings (SSSR count). The highest BCUT2D eigenvalue weighted by atomic mass is 79.9. The summed E-state index contributed by atoms with van der Waals surface area (Å²) in [5, 5.41) is 0. The first-order valence-electron chi connectivity index (χ1n) is 6.03. The van der Waals surface area contributed by atoms with Gasteiger partial charge in [0.15, 0.2) is 4.67 Å². The molecule has 0 aliphatic heterocycles. The molecule has 8 heteroatoms. The largest absolute Gasteiger partial charge is 0.452 e. The zero-order valence-electron chi connectivity index (χ0n) is 11.2. The van der Waals surface area contributed by atoms with Gasteiger partial charge < -0.3 is 10.2 Å². The van der Waals surface area contributed by atoms with E-state index in [1.54, 1.807) is 0 Å². The van der Waals surface area contributed by atoms with Crippen molar-refractivity contribution in [2.75, 3.05) is 7.05 Å². The second-order valence-corrected chi connectivity index (χ2v) is 8.10. The van der Waals surface area contributed by atoms with E-state index in [9.17, 15) is 8.42 Å². The lowest BCUT2D eigenvalue weighted by molar-refractivity contribution is 0.458. The molecule has 0 unspecified atom stereocenters. The normalized spacial score (nSPS) is 12.0. The van der Waals surface area contributed by atoms with Gasteiger partial charge in [0.2, 0.25) is 10.0 Å². The van der Waals surface area contributed by atoms with Crippen molar-refractivity contribution in [1.82, 2.24) is 4.31 Å². The molecule has 0 bridgehead atoms. The van der Waals surface area contributed by atoms with Gasteiger partial charge in [0.1, 0.15) is 10.7 Å². The van der Waals surface area contributed by atoms with Gasteiger partial charge in [-0.25, -0.2) is 8.42 Å². The Kier molecular flexibility index (Phi) is 5.26. The zero-order chi connectivity index (χ0) is 15.6. The third kappa shape index (κ3) is 3.75. The Morgan fingerprint density at radius 3 is 2.57 bits per heavy atom. The molecule has 5 nitrogen and oxygen atoms in total. The molecule has 114 valence electrons. The molecule has 0 radical (unpaired) electrons. The quantitative estimate of drug-likeness (QED) is 0.779. The Hall–Kier alpha value is -0.670. The Morgan fingerprint density at radius 2 is 2.00 bits per heavy atom. The first-order chi connectivity index (χ1) is 9.84. The van der Waals surface area contributed by atoms with Gasteiger partial charge >= 0.3 is 0 Å². The summed E-state index contributed by atoms with van der Waals surface area (Å²) in [6, 6.07) is 8.93. The van der Waals surface area contributed by atoms with E-state index in [4.69, 9.17) is 10.2 Å². The number of benzene rings is 1. The van der Waals surface area contributed by atoms with Crippen molar-refractivity contribution in [1.29, 1.82) is 0 Å². The van der Waals surface area contributed by atoms with Crippen LogP contribution in [0.25, 0.3) is 0 Å². The second-order valence-electron chi connectivity index (χ2n) is 4.45. The van der Waals surface area contributed by atoms with Crippen LogP contribution >= 0.6 is 31.9 Å². The minimum Gasteiger partial charge on any atom is -0.452 e. The lowest BCUT2D eigenvalue weighted by Gasteiger charge is -2.16. The van der Waals surface area contributed by atoms with E-state index < -0.39 is 10.0 Å². The lowest BCUT2D eigenvalue weighted by atomic mass is 10.2. The molecule has 2 aromatic rings. The van der Waals surface area contributed by atoms with Crippen molar-refractivity contribution < 1.29 is 12.8 Å². The van der Waals surface area contributed by atoms with Crippen LogP contribution in [-0.2, 0) is 23.1 Å². The molecule has 21 heavy (non-hydrogen) atoms. The van der Waals surface area contributed by atoms with E-state index in [1.807, 2.05) is 24.3 Å². The standard InChI is InChI=1S/C13H14Br2N2O3S/c1-17(8-9-3-2-4-10(14)5-9)21(18,19)12-6-11(7-16)20-13(12)15/h2-6H,7-8,16H2,1H3. The van der Waals surface area contributed by atoms with Crippen molar-refractivity contribution in [2.45, 2.75) is 18.0 Å². The summed E-state index contributed by atoms with van der Waals surface area (Å²) in [6.07, 6.45) is 0. The van der Waals surface area contributed by atoms with Crippen molar-refractivity contribution in [3.8, 4) is 0 Å². The van der Waals surface area contributed by atoms with Crippen molar-refractivity contribution in [3.63, 3.8) is 0 Å². The average molecular weight is 438 g/mol. The van der Waals surface area contributed by atoms with Crippen LogP contribution in [0.1, 0.15) is 11.3 Å². The molecule has 1 aromatic heterocycles. The maximum Gasteiger partial charge on any atom is 0.247 e. The van der Waals surface area contributed by atoms with Gasteiger partial charge in [0.25, 0.3) is 0 Å². The topological polar surface area (TPSA) is 76.5 Å². The van der Waals surface area contributed by atoms with Crippen LogP contribution in [0.2, 0.25) is 0 Å². The van der Waals surface area contributed by atoms with Gasteiger partial charge in [-0.2, -0.15) is 4.31 Å². The molecule has 0 aliphatic rings. The zero-order valence-corrected chi connectivity index (χ0v) is 15.2. The molecular formula is C13H14Br2N2O3S. The highest BCUT2D eigenvalue weighted by Crippen LogP contribution is 2.29. The number of furan rings is 1. The number of nitrogens with zero attached hydrogens (tertiary/aromatic N) is 1. The smallest absolute Gasteiger partial charge is 0.247 e. The maximum absolute atomic E-state index is 12.6. The molecule has 0 fully saturated rings. The molecule has 0 atom stereocenters. The SMILES string of the molecule is CN(Cc1cccc(Br)c1)S(=O)(=O)c1cc(CN)oc1Br. The van der Waals surface area contributed by atoms with Crippen LogP contribution in [0.5, 0.6) is 0 Å². The number of sulfonamides is 1. The van der Waals surface area contributed by atoms with Crippen LogP contribution < -0.4 is 5.73 Å². The fourth-order valence-electron chi connectivity index (χ4n) is 1.82. The molecule has 0 saturated heterocycles. The van der Waals surface area contributed by atoms with Gasteiger partial charge in [-0.1, -0.05) is 28.1 Å². The predicted octanol–water partition coefficient (Wildman–Crippen LogP) is 3.08. The first-order valence-corrected chi connectivity index (χ1v) is 9.06. The number of hydrogen-bond donors (Lipinski definition) is 1. The Balaban J connectivity index is 2.28. The van der Waals surface area contributed by atoms with Gasteiger partial charge in [0.05, 0.1) is 6.54 Å². The average Bonchev–Trinajstić information content (AvgIpc) is 2.80. The van der Waals surface area contributed by atoms with Crippen LogP contribution in [-0.4, -0.2) is 19.8 Å². The van der Waals surface area contributed by atoms with Crippen molar-refractivity contribution >= 4 is 41.9 Å². The maximum atomic E-state index is 12.6. The van der Waals surface area contributed by atoms with Gasteiger partial charge in [-0.15, -0.1) is 0 Å². The highest BCUT2D eigenvalue weighted by Gasteiger charge is 2.26. The van der Waals surface area contributed by atoms with E-state index in [0.29, 0.717) is 5.76 Å². The summed E-state index contributed by atoms with van der Waals surface area (Å²) in [6.45, 7) is 0.404. The van der Waals surface area contributed by atoms with Gasteiger partial charge in [-0.3, -0.25) is 0 Å². The number of halogens is 2. The monoisotopic (exact) mass is 436 g/mol. The minimum absolute atomic E-state index is 0.0837. The van der Waals surface area contributed by atoms with Crippen molar-refractivity contribution in [2.24, 2.45) is 5.73 Å². The molecule has 1 heterocycles. The molecule has 2 N–H and O–H groups in total. The summed E-state index contributed by atoms with van der Waals surface area (Å²) >= 11 is 6.49. The molecule has 0 aliphatic carbocycles. The molecular weight excluding hydrogens is 424 g/mol. The fourth-order valence-corrected chi connectivity index (χ4v) is 4.38. The summed E-state index contributed by atoms with van der Waals surface area (Å²) < 4.78 is 32.7. The lowest BCUT2D eigenvalue weighted by Crippen LogP contribution is -2.26. The highest BCUT2D eigenvalue weighted by molar-refractivity contribution is 9.10. The molecule has 0 amide bonds. The third-order valence-electron chi connectivity index (χ3n) is 2.89. The molecule has 0 saturated carbocycles. The van der Waals surface area contributed by atoms with Gasteiger partial charge in [0, 0.05) is 24.1 Å². The summed E-state index contributed by atoms with van der Waals surface area (Å²) in [4.78, 5) is 0.0837. The Labute approximate surface area is 140 Å². The summed E-state index contributed by atoms with van der Waals surface area (Å²) in [7, 11) is -2.12. The van der Waals surface area contributed by atoms with Gasteiger partial charge in [-0.05, 0) is 33.6 Å².